The molecule has 0 saturated heterocycles. The topological polar surface area (TPSA) is 141 Å². The first-order chi connectivity index (χ1) is 11.4. The zero-order valence-electron chi connectivity index (χ0n) is 13.0. The van der Waals surface area contributed by atoms with Crippen molar-refractivity contribution in [2.24, 2.45) is 5.92 Å². The van der Waals surface area contributed by atoms with E-state index in [1.165, 1.54) is 0 Å². The van der Waals surface area contributed by atoms with Gasteiger partial charge in [0.15, 0.2) is 5.69 Å². The summed E-state index contributed by atoms with van der Waals surface area (Å²) in [6.45, 7) is 0.816. The van der Waals surface area contributed by atoms with Gasteiger partial charge in [0.05, 0.1) is 12.6 Å². The zero-order valence-corrected chi connectivity index (χ0v) is 13.0. The van der Waals surface area contributed by atoms with Gasteiger partial charge in [0, 0.05) is 18.6 Å². The Morgan fingerprint density at radius 3 is 2.71 bits per heavy atom. The Labute approximate surface area is 137 Å². The molecule has 1 amide bonds. The van der Waals surface area contributed by atoms with Crippen molar-refractivity contribution >= 4 is 17.7 Å². The van der Waals surface area contributed by atoms with Crippen LogP contribution < -0.4 is 5.32 Å². The number of aromatic nitrogens is 2. The van der Waals surface area contributed by atoms with Crippen LogP contribution in [0.3, 0.4) is 0 Å². The van der Waals surface area contributed by atoms with Gasteiger partial charge < -0.3 is 20.5 Å². The van der Waals surface area contributed by atoms with E-state index in [9.17, 15) is 19.7 Å². The molecule has 2 fully saturated rings. The number of carbonyl (C=O) groups excluding carboxylic acids is 1. The number of hydrogen-bond donors (Lipinski definition) is 3. The molecule has 3 rings (SSSR count). The molecule has 0 radical (unpaired) electrons. The van der Waals surface area contributed by atoms with E-state index in [2.05, 4.69) is 15.5 Å². The quantitative estimate of drug-likeness (QED) is 0.459. The van der Waals surface area contributed by atoms with Crippen LogP contribution in [-0.4, -0.2) is 62.2 Å². The predicted octanol–water partition coefficient (Wildman–Crippen LogP) is 0.375. The van der Waals surface area contributed by atoms with Gasteiger partial charge in [0.1, 0.15) is 0 Å². The highest BCUT2D eigenvalue weighted by Crippen LogP contribution is 2.33. The molecule has 2 aliphatic carbocycles. The third-order valence-electron chi connectivity index (χ3n) is 4.49. The fourth-order valence-electron chi connectivity index (χ4n) is 2.93. The third-order valence-corrected chi connectivity index (χ3v) is 4.49. The summed E-state index contributed by atoms with van der Waals surface area (Å²) in [5.41, 5.74) is -0.0227. The Morgan fingerprint density at radius 2 is 2.17 bits per heavy atom. The second-order valence-electron chi connectivity index (χ2n) is 6.46. The summed E-state index contributed by atoms with van der Waals surface area (Å²) in [6, 6.07) is 1.18. The highest BCUT2D eigenvalue weighted by Gasteiger charge is 2.38. The maximum atomic E-state index is 12.0. The third kappa shape index (κ3) is 3.88. The molecule has 0 unspecified atom stereocenters. The lowest BCUT2D eigenvalue weighted by Crippen LogP contribution is -2.55. The SMILES string of the molecule is O=C(O)CN(CC1CC1)C1CC(NC(=O)c2cc([N+](=O)[O-])[nH]n2)C1. The lowest BCUT2D eigenvalue weighted by Gasteiger charge is -2.42. The molecule has 130 valence electrons. The van der Waals surface area contributed by atoms with Gasteiger partial charge in [-0.1, -0.05) is 5.10 Å². The van der Waals surface area contributed by atoms with E-state index in [1.807, 2.05) is 4.90 Å². The van der Waals surface area contributed by atoms with Crippen LogP contribution in [0.15, 0.2) is 6.07 Å². The van der Waals surface area contributed by atoms with Gasteiger partial charge in [-0.3, -0.25) is 14.5 Å². The first kappa shape index (κ1) is 16.4. The number of amides is 1. The minimum atomic E-state index is -0.841. The van der Waals surface area contributed by atoms with Crippen LogP contribution in [0.4, 0.5) is 5.82 Å². The fraction of sp³-hybridized carbons (Fsp3) is 0.643. The number of H-pyrrole nitrogens is 1. The zero-order chi connectivity index (χ0) is 17.3. The summed E-state index contributed by atoms with van der Waals surface area (Å²) >= 11 is 0. The lowest BCUT2D eigenvalue weighted by atomic mass is 9.85. The number of hydrogen-bond acceptors (Lipinski definition) is 6. The molecule has 0 spiro atoms. The molecule has 24 heavy (non-hydrogen) atoms. The van der Waals surface area contributed by atoms with Crippen LogP contribution in [0.25, 0.3) is 0 Å². The van der Waals surface area contributed by atoms with Crippen molar-refractivity contribution in [3.05, 3.63) is 21.9 Å². The van der Waals surface area contributed by atoms with Crippen LogP contribution in [0.2, 0.25) is 0 Å². The van der Waals surface area contributed by atoms with E-state index in [0.29, 0.717) is 18.8 Å². The van der Waals surface area contributed by atoms with E-state index in [-0.39, 0.29) is 30.1 Å². The second kappa shape index (κ2) is 6.56. The standard InChI is InChI=1S/C14H19N5O5/c20-13(21)7-18(6-8-1-2-8)10-3-9(4-10)15-14(22)11-5-12(17-16-11)19(23)24/h5,8-10H,1-4,6-7H2,(H,15,22)(H,16,17)(H,20,21). The van der Waals surface area contributed by atoms with E-state index in [4.69, 9.17) is 5.11 Å². The molecular formula is C14H19N5O5. The highest BCUT2D eigenvalue weighted by molar-refractivity contribution is 5.93. The van der Waals surface area contributed by atoms with Crippen molar-refractivity contribution in [2.75, 3.05) is 13.1 Å². The molecule has 1 heterocycles. The van der Waals surface area contributed by atoms with E-state index < -0.39 is 16.8 Å². The minimum Gasteiger partial charge on any atom is -0.480 e. The molecule has 3 N–H and O–H groups in total. The number of carboxylic acids is 1. The van der Waals surface area contributed by atoms with Crippen molar-refractivity contribution in [3.63, 3.8) is 0 Å². The Bertz CT molecular complexity index is 650. The summed E-state index contributed by atoms with van der Waals surface area (Å²) in [4.78, 5) is 34.9. The van der Waals surface area contributed by atoms with Gasteiger partial charge in [0.2, 0.25) is 0 Å². The van der Waals surface area contributed by atoms with Crippen molar-refractivity contribution in [1.82, 2.24) is 20.4 Å². The minimum absolute atomic E-state index is 0.0212. The first-order valence-electron chi connectivity index (χ1n) is 7.89. The second-order valence-corrected chi connectivity index (χ2v) is 6.46. The smallest absolute Gasteiger partial charge is 0.343 e. The first-order valence-corrected chi connectivity index (χ1v) is 7.89. The molecule has 0 atom stereocenters. The number of aromatic amines is 1. The van der Waals surface area contributed by atoms with E-state index >= 15 is 0 Å². The Balaban J connectivity index is 1.48. The van der Waals surface area contributed by atoms with Crippen LogP contribution in [-0.2, 0) is 4.79 Å². The summed E-state index contributed by atoms with van der Waals surface area (Å²) in [5.74, 6) is -1.03. The molecule has 0 bridgehead atoms. The number of carbonyl (C=O) groups is 2. The van der Waals surface area contributed by atoms with Gasteiger partial charge in [-0.2, -0.15) is 0 Å². The number of nitrogens with one attached hydrogen (secondary N) is 2. The highest BCUT2D eigenvalue weighted by atomic mass is 16.6. The molecule has 10 heteroatoms. The molecular weight excluding hydrogens is 318 g/mol. The van der Waals surface area contributed by atoms with Gasteiger partial charge in [0.25, 0.3) is 5.91 Å². The maximum Gasteiger partial charge on any atom is 0.343 e. The number of nitro groups is 1. The Morgan fingerprint density at radius 1 is 1.46 bits per heavy atom. The molecule has 0 aromatic carbocycles. The van der Waals surface area contributed by atoms with Crippen LogP contribution >= 0.6 is 0 Å². The lowest BCUT2D eigenvalue weighted by molar-refractivity contribution is -0.389. The molecule has 2 aliphatic rings. The van der Waals surface area contributed by atoms with Crippen molar-refractivity contribution < 1.29 is 19.6 Å². The van der Waals surface area contributed by atoms with E-state index in [1.54, 1.807) is 0 Å². The van der Waals surface area contributed by atoms with Gasteiger partial charge in [-0.25, -0.2) is 0 Å². The molecule has 1 aromatic rings. The normalized spacial score (nSPS) is 22.9. The van der Waals surface area contributed by atoms with Crippen LogP contribution in [0.1, 0.15) is 36.2 Å². The number of nitrogens with zero attached hydrogens (tertiary/aromatic N) is 3. The Kier molecular flexibility index (Phi) is 4.47. The fourth-order valence-corrected chi connectivity index (χ4v) is 2.93. The van der Waals surface area contributed by atoms with Crippen molar-refractivity contribution in [3.8, 4) is 0 Å². The predicted molar refractivity (Wildman–Crippen MR) is 81.5 cm³/mol. The van der Waals surface area contributed by atoms with Gasteiger partial charge >= 0.3 is 11.8 Å². The molecule has 2 saturated carbocycles. The van der Waals surface area contributed by atoms with E-state index in [0.717, 1.165) is 25.5 Å². The molecule has 0 aliphatic heterocycles. The summed E-state index contributed by atoms with van der Waals surface area (Å²) in [5, 5.41) is 28.2. The summed E-state index contributed by atoms with van der Waals surface area (Å²) in [6.07, 6.45) is 3.67. The maximum absolute atomic E-state index is 12.0. The Hall–Kier alpha value is -2.49. The summed E-state index contributed by atoms with van der Waals surface area (Å²) in [7, 11) is 0. The number of aliphatic carboxylic acids is 1. The van der Waals surface area contributed by atoms with Crippen LogP contribution in [0, 0.1) is 16.0 Å². The largest absolute Gasteiger partial charge is 0.480 e. The van der Waals surface area contributed by atoms with Crippen molar-refractivity contribution in [2.45, 2.75) is 37.8 Å². The average molecular weight is 337 g/mol. The average Bonchev–Trinajstić information content (AvgIpc) is 3.13. The summed E-state index contributed by atoms with van der Waals surface area (Å²) < 4.78 is 0. The van der Waals surface area contributed by atoms with Gasteiger partial charge in [-0.05, 0) is 36.5 Å². The molecule has 1 aromatic heterocycles. The monoisotopic (exact) mass is 337 g/mol. The van der Waals surface area contributed by atoms with Crippen LogP contribution in [0.5, 0.6) is 0 Å². The van der Waals surface area contributed by atoms with Crippen molar-refractivity contribution in [1.29, 1.82) is 0 Å². The van der Waals surface area contributed by atoms with Gasteiger partial charge in [-0.15, -0.1) is 5.10 Å². The number of rotatable bonds is 8. The number of carboxylic acid groups (broad SMARTS) is 1. The molecule has 10 nitrogen and oxygen atoms in total.